The molecule has 9 heteroatoms. The van der Waals surface area contributed by atoms with Crippen LogP contribution in [0.3, 0.4) is 0 Å². The number of aryl methyl sites for hydroxylation is 1. The van der Waals surface area contributed by atoms with Gasteiger partial charge in [-0.1, -0.05) is 0 Å². The number of pyridine rings is 1. The summed E-state index contributed by atoms with van der Waals surface area (Å²) in [4.78, 5) is 8.90. The van der Waals surface area contributed by atoms with Gasteiger partial charge < -0.3 is 10.4 Å². The van der Waals surface area contributed by atoms with E-state index in [1.54, 1.807) is 17.1 Å². The van der Waals surface area contributed by atoms with E-state index in [1.807, 2.05) is 55.8 Å². The Bertz CT molecular complexity index is 1190. The first kappa shape index (κ1) is 17.7. The molecule has 4 aromatic heterocycles. The molecule has 0 saturated heterocycles. The van der Waals surface area contributed by atoms with Crippen LogP contribution in [0.2, 0.25) is 0 Å². The highest BCUT2D eigenvalue weighted by Gasteiger charge is 2.49. The van der Waals surface area contributed by atoms with E-state index < -0.39 is 5.60 Å². The summed E-state index contributed by atoms with van der Waals surface area (Å²) in [6.07, 6.45) is 6.33. The van der Waals surface area contributed by atoms with Crippen LogP contribution in [0.25, 0.3) is 16.9 Å². The smallest absolute Gasteiger partial charge is 0.228 e. The number of rotatable bonds is 5. The molecule has 0 aromatic carbocycles. The summed E-state index contributed by atoms with van der Waals surface area (Å²) in [7, 11) is 1.85. The van der Waals surface area contributed by atoms with Crippen molar-refractivity contribution < 1.29 is 5.11 Å². The quantitative estimate of drug-likeness (QED) is 0.539. The van der Waals surface area contributed by atoms with Gasteiger partial charge in [-0.2, -0.15) is 5.10 Å². The number of aliphatic hydroxyl groups is 1. The van der Waals surface area contributed by atoms with E-state index in [1.165, 1.54) is 0 Å². The van der Waals surface area contributed by atoms with Crippen LogP contribution in [0, 0.1) is 5.92 Å². The van der Waals surface area contributed by atoms with Crippen LogP contribution >= 0.6 is 0 Å². The highest BCUT2D eigenvalue weighted by atomic mass is 16.3. The van der Waals surface area contributed by atoms with Gasteiger partial charge in [-0.05, 0) is 44.4 Å². The second kappa shape index (κ2) is 6.35. The van der Waals surface area contributed by atoms with Gasteiger partial charge in [-0.25, -0.2) is 9.97 Å². The topological polar surface area (TPSA) is 106 Å². The van der Waals surface area contributed by atoms with Crippen LogP contribution in [0.1, 0.15) is 32.0 Å². The minimum Gasteiger partial charge on any atom is -0.390 e. The van der Waals surface area contributed by atoms with E-state index in [2.05, 4.69) is 30.6 Å². The van der Waals surface area contributed by atoms with Crippen LogP contribution in [0.5, 0.6) is 0 Å². The van der Waals surface area contributed by atoms with E-state index in [-0.39, 0.29) is 11.8 Å². The lowest BCUT2D eigenvalue weighted by Gasteiger charge is -2.16. The summed E-state index contributed by atoms with van der Waals surface area (Å²) >= 11 is 0. The number of fused-ring (bicyclic) bond motifs is 1. The molecule has 0 radical (unpaired) electrons. The fourth-order valence-corrected chi connectivity index (χ4v) is 3.77. The maximum Gasteiger partial charge on any atom is 0.228 e. The van der Waals surface area contributed by atoms with Crippen molar-refractivity contribution in [2.24, 2.45) is 13.0 Å². The summed E-state index contributed by atoms with van der Waals surface area (Å²) in [6.45, 7) is 3.70. The molecule has 1 fully saturated rings. The Labute approximate surface area is 167 Å². The third-order valence-electron chi connectivity index (χ3n) is 5.48. The van der Waals surface area contributed by atoms with Crippen molar-refractivity contribution in [3.63, 3.8) is 0 Å². The van der Waals surface area contributed by atoms with E-state index in [0.29, 0.717) is 5.95 Å². The molecule has 4 heterocycles. The SMILES string of the molecule is Cn1nccc1Nc1nccc(-c2ccn3c([C@H]4C[C@@H]4C(C)(C)O)nnc3c2)n1. The lowest BCUT2D eigenvalue weighted by Crippen LogP contribution is -2.22. The van der Waals surface area contributed by atoms with E-state index >= 15 is 0 Å². The van der Waals surface area contributed by atoms with Crippen LogP contribution in [-0.2, 0) is 7.05 Å². The molecule has 0 unspecified atom stereocenters. The first-order chi connectivity index (χ1) is 13.9. The zero-order chi connectivity index (χ0) is 20.2. The van der Waals surface area contributed by atoms with Crippen molar-refractivity contribution >= 4 is 17.4 Å². The number of nitrogens with zero attached hydrogens (tertiary/aromatic N) is 7. The van der Waals surface area contributed by atoms with Crippen LogP contribution < -0.4 is 5.32 Å². The van der Waals surface area contributed by atoms with E-state index in [9.17, 15) is 5.11 Å². The molecular formula is C20H22N8O. The van der Waals surface area contributed by atoms with Crippen molar-refractivity contribution in [1.82, 2.24) is 34.3 Å². The zero-order valence-corrected chi connectivity index (χ0v) is 16.5. The predicted molar refractivity (Wildman–Crippen MR) is 108 cm³/mol. The third-order valence-corrected chi connectivity index (χ3v) is 5.48. The van der Waals surface area contributed by atoms with Gasteiger partial charge in [0.1, 0.15) is 11.6 Å². The van der Waals surface area contributed by atoms with Crippen LogP contribution in [-0.4, -0.2) is 45.1 Å². The molecule has 148 valence electrons. The Kier molecular flexibility index (Phi) is 3.88. The Morgan fingerprint density at radius 1 is 1.17 bits per heavy atom. The van der Waals surface area contributed by atoms with Gasteiger partial charge in [0.05, 0.1) is 17.5 Å². The summed E-state index contributed by atoms with van der Waals surface area (Å²) in [5, 5.41) is 26.3. The standard InChI is InChI=1S/C20H22N8O/c1-20(2,29)14-11-13(14)18-26-25-17-10-12(6-9-28(17)18)15-4-7-21-19(23-15)24-16-5-8-22-27(16)3/h4-10,13-14,29H,11H2,1-3H3,(H,21,23,24)/t13-,14-/m0/s1. The molecule has 1 saturated carbocycles. The molecule has 0 amide bonds. The van der Waals surface area contributed by atoms with E-state index in [0.717, 1.165) is 35.0 Å². The molecule has 1 aliphatic rings. The molecule has 29 heavy (non-hydrogen) atoms. The number of anilines is 2. The highest BCUT2D eigenvalue weighted by Crippen LogP contribution is 2.52. The number of nitrogens with one attached hydrogen (secondary N) is 1. The second-order valence-corrected chi connectivity index (χ2v) is 8.03. The minimum atomic E-state index is -0.700. The summed E-state index contributed by atoms with van der Waals surface area (Å²) < 4.78 is 3.72. The van der Waals surface area contributed by atoms with Crippen molar-refractivity contribution in [3.05, 3.63) is 48.7 Å². The first-order valence-corrected chi connectivity index (χ1v) is 9.55. The Balaban J connectivity index is 1.43. The number of hydrogen-bond donors (Lipinski definition) is 2. The zero-order valence-electron chi connectivity index (χ0n) is 16.5. The van der Waals surface area contributed by atoms with Gasteiger partial charge in [0, 0.05) is 37.0 Å². The van der Waals surface area contributed by atoms with Crippen molar-refractivity contribution in [2.45, 2.75) is 31.8 Å². The lowest BCUT2D eigenvalue weighted by molar-refractivity contribution is 0.0542. The average molecular weight is 390 g/mol. The summed E-state index contributed by atoms with van der Waals surface area (Å²) in [6, 6.07) is 7.69. The molecule has 2 N–H and O–H groups in total. The first-order valence-electron chi connectivity index (χ1n) is 9.55. The normalized spacial score (nSPS) is 18.9. The van der Waals surface area contributed by atoms with Crippen molar-refractivity contribution in [3.8, 4) is 11.3 Å². The van der Waals surface area contributed by atoms with Crippen LogP contribution in [0.15, 0.2) is 42.9 Å². The Morgan fingerprint density at radius 2 is 2.03 bits per heavy atom. The van der Waals surface area contributed by atoms with Crippen LogP contribution in [0.4, 0.5) is 11.8 Å². The maximum absolute atomic E-state index is 10.2. The Morgan fingerprint density at radius 3 is 2.76 bits per heavy atom. The number of aromatic nitrogens is 7. The van der Waals surface area contributed by atoms with Gasteiger partial charge >= 0.3 is 0 Å². The fraction of sp³-hybridized carbons (Fsp3) is 0.350. The molecule has 0 spiro atoms. The van der Waals surface area contributed by atoms with Gasteiger partial charge in [0.25, 0.3) is 0 Å². The molecular weight excluding hydrogens is 368 g/mol. The third kappa shape index (κ3) is 3.23. The minimum absolute atomic E-state index is 0.220. The predicted octanol–water partition coefficient (Wildman–Crippen LogP) is 2.54. The number of hydrogen-bond acceptors (Lipinski definition) is 7. The van der Waals surface area contributed by atoms with Gasteiger partial charge in [0.2, 0.25) is 5.95 Å². The molecule has 1 aliphatic carbocycles. The molecule has 5 rings (SSSR count). The highest BCUT2D eigenvalue weighted by molar-refractivity contribution is 5.65. The van der Waals surface area contributed by atoms with Gasteiger partial charge in [-0.15, -0.1) is 10.2 Å². The molecule has 4 aromatic rings. The fourth-order valence-electron chi connectivity index (χ4n) is 3.77. The lowest BCUT2D eigenvalue weighted by atomic mass is 10.0. The second-order valence-electron chi connectivity index (χ2n) is 8.03. The van der Waals surface area contributed by atoms with Crippen molar-refractivity contribution in [2.75, 3.05) is 5.32 Å². The monoisotopic (exact) mass is 390 g/mol. The molecule has 0 aliphatic heterocycles. The molecule has 0 bridgehead atoms. The largest absolute Gasteiger partial charge is 0.390 e. The van der Waals surface area contributed by atoms with Gasteiger partial charge in [0.15, 0.2) is 5.65 Å². The van der Waals surface area contributed by atoms with Gasteiger partial charge in [-0.3, -0.25) is 9.08 Å². The van der Waals surface area contributed by atoms with Crippen molar-refractivity contribution in [1.29, 1.82) is 0 Å². The summed E-state index contributed by atoms with van der Waals surface area (Å²) in [5.41, 5.74) is 1.78. The molecule has 9 nitrogen and oxygen atoms in total. The molecule has 2 atom stereocenters. The maximum atomic E-state index is 10.2. The average Bonchev–Trinajstić information content (AvgIpc) is 3.25. The van der Waals surface area contributed by atoms with E-state index in [4.69, 9.17) is 0 Å². The summed E-state index contributed by atoms with van der Waals surface area (Å²) in [5.74, 6) is 2.67. The Hall–Kier alpha value is -3.33.